The van der Waals surface area contributed by atoms with Crippen LogP contribution in [0, 0.1) is 10.1 Å². The summed E-state index contributed by atoms with van der Waals surface area (Å²) in [6.45, 7) is 0.435. The summed E-state index contributed by atoms with van der Waals surface area (Å²) >= 11 is 0. The van der Waals surface area contributed by atoms with Crippen LogP contribution in [0.3, 0.4) is 0 Å². The van der Waals surface area contributed by atoms with Gasteiger partial charge >= 0.3 is 5.82 Å². The standard InChI is InChI=1S/C17H13N9O2/c27-26(28)15-7-9-23(22-15)8-6-14-20-17-13-10-19-25(12-4-2-1-3-5-12)16(13)18-11-24(17)21-14/h1-5,7,9-11H,6,8H2. The first-order valence-electron chi connectivity index (χ1n) is 8.50. The third-order valence-electron chi connectivity index (χ3n) is 4.33. The molecule has 0 saturated heterocycles. The van der Waals surface area contributed by atoms with Crippen molar-refractivity contribution in [1.82, 2.24) is 39.1 Å². The first kappa shape index (κ1) is 16.1. The fourth-order valence-corrected chi connectivity index (χ4v) is 3.02. The Labute approximate surface area is 157 Å². The van der Waals surface area contributed by atoms with Gasteiger partial charge in [0.2, 0.25) is 0 Å². The van der Waals surface area contributed by atoms with Gasteiger partial charge in [0.1, 0.15) is 6.33 Å². The second-order valence-electron chi connectivity index (χ2n) is 6.11. The van der Waals surface area contributed by atoms with Crippen LogP contribution in [0.15, 0.2) is 55.1 Å². The van der Waals surface area contributed by atoms with Crippen molar-refractivity contribution >= 4 is 22.5 Å². The Morgan fingerprint density at radius 1 is 1.07 bits per heavy atom. The first-order valence-corrected chi connectivity index (χ1v) is 8.50. The summed E-state index contributed by atoms with van der Waals surface area (Å²) in [4.78, 5) is 19.3. The van der Waals surface area contributed by atoms with Crippen molar-refractivity contribution < 1.29 is 4.92 Å². The van der Waals surface area contributed by atoms with Crippen LogP contribution < -0.4 is 0 Å². The zero-order chi connectivity index (χ0) is 19.1. The number of fused-ring (bicyclic) bond motifs is 3. The zero-order valence-corrected chi connectivity index (χ0v) is 14.5. The topological polar surface area (TPSA) is 122 Å². The molecule has 11 heteroatoms. The van der Waals surface area contributed by atoms with Gasteiger partial charge in [-0.1, -0.05) is 18.2 Å². The molecule has 0 amide bonds. The highest BCUT2D eigenvalue weighted by atomic mass is 16.6. The van der Waals surface area contributed by atoms with Gasteiger partial charge in [-0.2, -0.15) is 9.78 Å². The molecule has 0 saturated carbocycles. The average molecular weight is 375 g/mol. The Morgan fingerprint density at radius 2 is 1.93 bits per heavy atom. The summed E-state index contributed by atoms with van der Waals surface area (Å²) in [6, 6.07) is 11.1. The quantitative estimate of drug-likeness (QED) is 0.339. The highest BCUT2D eigenvalue weighted by Crippen LogP contribution is 2.19. The Hall–Kier alpha value is -4.15. The van der Waals surface area contributed by atoms with Crippen LogP contribution in [0.25, 0.3) is 22.4 Å². The summed E-state index contributed by atoms with van der Waals surface area (Å²) in [5.74, 6) is 0.419. The predicted octanol–water partition coefficient (Wildman–Crippen LogP) is 1.81. The van der Waals surface area contributed by atoms with Gasteiger partial charge in [-0.15, -0.1) is 5.10 Å². The molecule has 0 aliphatic rings. The van der Waals surface area contributed by atoms with Gasteiger partial charge in [-0.3, -0.25) is 0 Å². The molecule has 0 aliphatic carbocycles. The van der Waals surface area contributed by atoms with Crippen LogP contribution >= 0.6 is 0 Å². The molecule has 0 atom stereocenters. The van der Waals surface area contributed by atoms with Gasteiger partial charge in [0.05, 0.1) is 41.2 Å². The highest BCUT2D eigenvalue weighted by Gasteiger charge is 2.15. The molecule has 0 N–H and O–H groups in total. The molecule has 11 nitrogen and oxygen atoms in total. The normalized spacial score (nSPS) is 11.4. The minimum absolute atomic E-state index is 0.179. The van der Waals surface area contributed by atoms with Crippen LogP contribution in [0.1, 0.15) is 5.82 Å². The molecule has 5 rings (SSSR count). The van der Waals surface area contributed by atoms with Gasteiger partial charge in [-0.05, 0) is 17.1 Å². The monoisotopic (exact) mass is 375 g/mol. The zero-order valence-electron chi connectivity index (χ0n) is 14.5. The van der Waals surface area contributed by atoms with E-state index in [0.717, 1.165) is 11.1 Å². The molecular weight excluding hydrogens is 362 g/mol. The van der Waals surface area contributed by atoms with Crippen LogP contribution in [0.4, 0.5) is 5.82 Å². The second-order valence-corrected chi connectivity index (χ2v) is 6.11. The number of benzene rings is 1. The molecule has 0 fully saturated rings. The van der Waals surface area contributed by atoms with Crippen LogP contribution in [-0.4, -0.2) is 44.1 Å². The molecule has 0 aliphatic heterocycles. The molecule has 138 valence electrons. The van der Waals surface area contributed by atoms with Crippen molar-refractivity contribution in [2.45, 2.75) is 13.0 Å². The van der Waals surface area contributed by atoms with Crippen molar-refractivity contribution in [3.8, 4) is 5.69 Å². The predicted molar refractivity (Wildman–Crippen MR) is 98.0 cm³/mol. The molecular formula is C17H13N9O2. The minimum atomic E-state index is -0.521. The van der Waals surface area contributed by atoms with Gasteiger partial charge in [0, 0.05) is 6.42 Å². The average Bonchev–Trinajstić information content (AvgIpc) is 3.43. The highest BCUT2D eigenvalue weighted by molar-refractivity contribution is 5.89. The molecule has 0 radical (unpaired) electrons. The Morgan fingerprint density at radius 3 is 2.71 bits per heavy atom. The van der Waals surface area contributed by atoms with Crippen molar-refractivity contribution in [1.29, 1.82) is 0 Å². The second kappa shape index (κ2) is 6.23. The van der Waals surface area contributed by atoms with Gasteiger partial charge in [0.25, 0.3) is 0 Å². The van der Waals surface area contributed by atoms with E-state index in [1.165, 1.54) is 10.7 Å². The smallest absolute Gasteiger partial charge is 0.358 e. The Balaban J connectivity index is 1.46. The summed E-state index contributed by atoms with van der Waals surface area (Å²) in [7, 11) is 0. The van der Waals surface area contributed by atoms with E-state index in [1.54, 1.807) is 27.9 Å². The van der Waals surface area contributed by atoms with Crippen LogP contribution in [0.5, 0.6) is 0 Å². The van der Waals surface area contributed by atoms with Gasteiger partial charge in [-0.25, -0.2) is 19.2 Å². The van der Waals surface area contributed by atoms with E-state index < -0.39 is 4.92 Å². The molecule has 0 unspecified atom stereocenters. The van der Waals surface area contributed by atoms with E-state index in [1.807, 2.05) is 30.3 Å². The maximum absolute atomic E-state index is 10.7. The summed E-state index contributed by atoms with van der Waals surface area (Å²) in [5.41, 5.74) is 2.27. The van der Waals surface area contributed by atoms with E-state index in [9.17, 15) is 10.1 Å². The maximum atomic E-state index is 10.7. The van der Waals surface area contributed by atoms with E-state index in [4.69, 9.17) is 0 Å². The lowest BCUT2D eigenvalue weighted by Gasteiger charge is -2.01. The van der Waals surface area contributed by atoms with Crippen molar-refractivity contribution in [2.24, 2.45) is 0 Å². The Bertz CT molecular complexity index is 1300. The van der Waals surface area contributed by atoms with Gasteiger partial charge < -0.3 is 10.1 Å². The molecule has 4 aromatic heterocycles. The number of hydrogen-bond donors (Lipinski definition) is 0. The van der Waals surface area contributed by atoms with E-state index in [0.29, 0.717) is 30.1 Å². The molecule has 28 heavy (non-hydrogen) atoms. The molecule has 5 aromatic rings. The largest absolute Gasteiger partial charge is 0.389 e. The number of aryl methyl sites for hydroxylation is 2. The lowest BCUT2D eigenvalue weighted by atomic mass is 10.3. The number of nitro groups is 1. The SMILES string of the molecule is O=[N+]([O-])c1ccn(CCc2nc3c4cnn(-c5ccccc5)c4ncn3n2)n1. The maximum Gasteiger partial charge on any atom is 0.389 e. The Kier molecular flexibility index (Phi) is 3.57. The van der Waals surface area contributed by atoms with Gasteiger partial charge in [0.15, 0.2) is 17.1 Å². The number of para-hydroxylation sites is 1. The van der Waals surface area contributed by atoms with Crippen molar-refractivity contribution in [2.75, 3.05) is 0 Å². The number of rotatable bonds is 5. The third-order valence-corrected chi connectivity index (χ3v) is 4.33. The number of nitrogens with zero attached hydrogens (tertiary/aromatic N) is 9. The van der Waals surface area contributed by atoms with Crippen LogP contribution in [0.2, 0.25) is 0 Å². The summed E-state index contributed by atoms with van der Waals surface area (Å²) in [5, 5.41) is 24.3. The van der Waals surface area contributed by atoms with E-state index in [-0.39, 0.29) is 5.82 Å². The molecule has 0 bridgehead atoms. The van der Waals surface area contributed by atoms with E-state index >= 15 is 0 Å². The summed E-state index contributed by atoms with van der Waals surface area (Å²) in [6.07, 6.45) is 5.38. The minimum Gasteiger partial charge on any atom is -0.358 e. The number of aromatic nitrogens is 8. The number of hydrogen-bond acceptors (Lipinski definition) is 7. The fourth-order valence-electron chi connectivity index (χ4n) is 3.02. The summed E-state index contributed by atoms with van der Waals surface area (Å²) < 4.78 is 4.87. The lowest BCUT2D eigenvalue weighted by Crippen LogP contribution is -2.04. The third kappa shape index (κ3) is 2.65. The first-order chi connectivity index (χ1) is 13.7. The molecule has 4 heterocycles. The molecule has 0 spiro atoms. The molecule has 1 aromatic carbocycles. The van der Waals surface area contributed by atoms with E-state index in [2.05, 4.69) is 25.3 Å². The fraction of sp³-hybridized carbons (Fsp3) is 0.118. The van der Waals surface area contributed by atoms with Crippen molar-refractivity contribution in [3.63, 3.8) is 0 Å². The van der Waals surface area contributed by atoms with Crippen LogP contribution in [-0.2, 0) is 13.0 Å². The lowest BCUT2D eigenvalue weighted by molar-refractivity contribution is -0.389. The van der Waals surface area contributed by atoms with Crippen molar-refractivity contribution in [3.05, 3.63) is 71.1 Å².